The van der Waals surface area contributed by atoms with Gasteiger partial charge >= 0.3 is 0 Å². The van der Waals surface area contributed by atoms with E-state index in [1.54, 1.807) is 36.1 Å². The van der Waals surface area contributed by atoms with Gasteiger partial charge in [-0.05, 0) is 7.05 Å². The molecule has 11 heteroatoms. The van der Waals surface area contributed by atoms with Gasteiger partial charge in [-0.15, -0.1) is 0 Å². The maximum Gasteiger partial charge on any atom is 0.282 e. The van der Waals surface area contributed by atoms with Gasteiger partial charge in [-0.25, -0.2) is 0 Å². The summed E-state index contributed by atoms with van der Waals surface area (Å²) >= 11 is 0. The van der Waals surface area contributed by atoms with Crippen LogP contribution in [0.25, 0.3) is 0 Å². The number of aryl methyl sites for hydroxylation is 1. The van der Waals surface area contributed by atoms with Crippen LogP contribution in [0.15, 0.2) is 12.4 Å². The van der Waals surface area contributed by atoms with Crippen molar-refractivity contribution in [1.29, 1.82) is 0 Å². The Hall–Kier alpha value is -1.53. The predicted molar refractivity (Wildman–Crippen MR) is 94.5 cm³/mol. The fraction of sp³-hybridized carbons (Fsp3) is 0.733. The summed E-state index contributed by atoms with van der Waals surface area (Å²) in [4.78, 5) is 14.5. The van der Waals surface area contributed by atoms with Crippen LogP contribution in [-0.4, -0.2) is 97.1 Å². The van der Waals surface area contributed by atoms with E-state index in [0.717, 1.165) is 5.56 Å². The minimum atomic E-state index is -3.49. The lowest BCUT2D eigenvalue weighted by Crippen LogP contribution is -2.56. The molecule has 1 unspecified atom stereocenters. The first-order chi connectivity index (χ1) is 12.4. The SMILES string of the molecule is CNC(C(=O)N1CCN(S(=O)(=O)N2CCOCC2)CC1)c1cnn(C)c1. The van der Waals surface area contributed by atoms with Crippen LogP contribution in [0, 0.1) is 0 Å². The molecule has 0 aromatic carbocycles. The third-order valence-corrected chi connectivity index (χ3v) is 6.80. The van der Waals surface area contributed by atoms with E-state index < -0.39 is 16.3 Å². The standard InChI is InChI=1S/C15H26N6O4S/c1-16-14(13-11-17-18(2)12-13)15(22)19-3-5-20(6-4-19)26(23,24)21-7-9-25-10-8-21/h11-12,14,16H,3-10H2,1-2H3. The molecule has 0 bridgehead atoms. The normalized spacial score (nSPS) is 21.7. The number of hydrogen-bond donors (Lipinski definition) is 1. The van der Waals surface area contributed by atoms with E-state index in [9.17, 15) is 13.2 Å². The third-order valence-electron chi connectivity index (χ3n) is 4.77. The molecule has 2 fully saturated rings. The number of likely N-dealkylation sites (N-methyl/N-ethyl adjacent to an activating group) is 1. The highest BCUT2D eigenvalue weighted by Crippen LogP contribution is 2.18. The first kappa shape index (κ1) is 19.2. The van der Waals surface area contributed by atoms with Crippen LogP contribution < -0.4 is 5.32 Å². The maximum absolute atomic E-state index is 12.8. The topological polar surface area (TPSA) is 100 Å². The van der Waals surface area contributed by atoms with Crippen LogP contribution in [0.3, 0.4) is 0 Å². The summed E-state index contributed by atoms with van der Waals surface area (Å²) in [6.45, 7) is 2.96. The van der Waals surface area contributed by atoms with Gasteiger partial charge in [0.15, 0.2) is 0 Å². The Morgan fingerprint density at radius 1 is 1.15 bits per heavy atom. The number of aromatic nitrogens is 2. The number of ether oxygens (including phenoxy) is 1. The van der Waals surface area contributed by atoms with Crippen LogP contribution in [0.2, 0.25) is 0 Å². The Labute approximate surface area is 153 Å². The van der Waals surface area contributed by atoms with Crippen LogP contribution in [0.4, 0.5) is 0 Å². The Bertz CT molecular complexity index is 722. The van der Waals surface area contributed by atoms with Crippen molar-refractivity contribution in [1.82, 2.24) is 28.6 Å². The van der Waals surface area contributed by atoms with Crippen LogP contribution in [0.5, 0.6) is 0 Å². The van der Waals surface area contributed by atoms with E-state index in [1.165, 1.54) is 8.61 Å². The lowest BCUT2D eigenvalue weighted by atomic mass is 10.1. The molecule has 2 saturated heterocycles. The van der Waals surface area contributed by atoms with Gasteiger partial charge in [0.2, 0.25) is 5.91 Å². The summed E-state index contributed by atoms with van der Waals surface area (Å²) in [7, 11) is 0.0433. The van der Waals surface area contributed by atoms with Gasteiger partial charge in [0, 0.05) is 58.1 Å². The van der Waals surface area contributed by atoms with E-state index in [0.29, 0.717) is 52.5 Å². The van der Waals surface area contributed by atoms with E-state index >= 15 is 0 Å². The van der Waals surface area contributed by atoms with Gasteiger partial charge in [0.05, 0.1) is 19.4 Å². The zero-order valence-electron chi connectivity index (χ0n) is 15.2. The number of nitrogens with zero attached hydrogens (tertiary/aromatic N) is 5. The Morgan fingerprint density at radius 3 is 2.31 bits per heavy atom. The molecule has 2 aliphatic heterocycles. The van der Waals surface area contributed by atoms with Crippen LogP contribution in [0.1, 0.15) is 11.6 Å². The monoisotopic (exact) mass is 386 g/mol. The van der Waals surface area contributed by atoms with E-state index in [2.05, 4.69) is 10.4 Å². The average molecular weight is 386 g/mol. The first-order valence-corrected chi connectivity index (χ1v) is 10.1. The minimum Gasteiger partial charge on any atom is -0.379 e. The zero-order chi connectivity index (χ0) is 18.7. The molecular weight excluding hydrogens is 360 g/mol. The largest absolute Gasteiger partial charge is 0.379 e. The molecular formula is C15H26N6O4S. The lowest BCUT2D eigenvalue weighted by Gasteiger charge is -2.38. The van der Waals surface area contributed by atoms with E-state index in [4.69, 9.17) is 4.74 Å². The minimum absolute atomic E-state index is 0.0658. The van der Waals surface area contributed by atoms with Gasteiger partial charge in [0.1, 0.15) is 6.04 Å². The molecule has 2 aliphatic rings. The van der Waals surface area contributed by atoms with Crippen LogP contribution in [-0.2, 0) is 26.8 Å². The quantitative estimate of drug-likeness (QED) is 0.654. The van der Waals surface area contributed by atoms with Gasteiger partial charge in [-0.2, -0.15) is 22.1 Å². The number of rotatable bonds is 5. The molecule has 0 saturated carbocycles. The van der Waals surface area contributed by atoms with Crippen molar-refractivity contribution in [2.75, 3.05) is 59.5 Å². The van der Waals surface area contributed by atoms with Gasteiger partial charge in [0.25, 0.3) is 10.2 Å². The second kappa shape index (κ2) is 8.01. The fourth-order valence-electron chi connectivity index (χ4n) is 3.28. The zero-order valence-corrected chi connectivity index (χ0v) is 16.0. The van der Waals surface area contributed by atoms with Crippen LogP contribution >= 0.6 is 0 Å². The molecule has 10 nitrogen and oxygen atoms in total. The summed E-state index contributed by atoms with van der Waals surface area (Å²) in [6, 6.07) is -0.480. The maximum atomic E-state index is 12.8. The van der Waals surface area contributed by atoms with Crippen molar-refractivity contribution in [2.24, 2.45) is 7.05 Å². The Morgan fingerprint density at radius 2 is 1.77 bits per heavy atom. The highest BCUT2D eigenvalue weighted by atomic mass is 32.2. The van der Waals surface area contributed by atoms with Crippen molar-refractivity contribution in [3.05, 3.63) is 18.0 Å². The number of carbonyl (C=O) groups excluding carboxylic acids is 1. The number of carbonyl (C=O) groups is 1. The van der Waals surface area contributed by atoms with Crippen molar-refractivity contribution in [3.8, 4) is 0 Å². The Balaban J connectivity index is 1.61. The summed E-state index contributed by atoms with van der Waals surface area (Å²) in [5, 5.41) is 7.14. The smallest absolute Gasteiger partial charge is 0.282 e. The number of amides is 1. The number of hydrogen-bond acceptors (Lipinski definition) is 6. The molecule has 26 heavy (non-hydrogen) atoms. The summed E-state index contributed by atoms with van der Waals surface area (Å²) in [5.74, 6) is -0.0658. The van der Waals surface area contributed by atoms with Gasteiger partial charge in [-0.1, -0.05) is 0 Å². The van der Waals surface area contributed by atoms with Crippen molar-refractivity contribution in [3.63, 3.8) is 0 Å². The van der Waals surface area contributed by atoms with Crippen molar-refractivity contribution >= 4 is 16.1 Å². The highest BCUT2D eigenvalue weighted by Gasteiger charge is 2.35. The molecule has 1 aromatic heterocycles. The first-order valence-electron chi connectivity index (χ1n) is 8.71. The highest BCUT2D eigenvalue weighted by molar-refractivity contribution is 7.86. The molecule has 3 heterocycles. The number of piperazine rings is 1. The average Bonchev–Trinajstić information content (AvgIpc) is 3.09. The second-order valence-electron chi connectivity index (χ2n) is 6.41. The molecule has 146 valence electrons. The summed E-state index contributed by atoms with van der Waals surface area (Å²) < 4.78 is 35.2. The molecule has 1 aromatic rings. The molecule has 1 N–H and O–H groups in total. The number of morpholine rings is 1. The molecule has 0 radical (unpaired) electrons. The van der Waals surface area contributed by atoms with Gasteiger partial charge in [-0.3, -0.25) is 9.48 Å². The second-order valence-corrected chi connectivity index (χ2v) is 8.34. The van der Waals surface area contributed by atoms with E-state index in [-0.39, 0.29) is 5.91 Å². The number of nitrogens with one attached hydrogen (secondary N) is 1. The Kier molecular flexibility index (Phi) is 5.92. The third kappa shape index (κ3) is 3.91. The molecule has 3 rings (SSSR count). The predicted octanol–water partition coefficient (Wildman–Crippen LogP) is -1.60. The fourth-order valence-corrected chi connectivity index (χ4v) is 4.85. The summed E-state index contributed by atoms with van der Waals surface area (Å²) in [5.41, 5.74) is 0.795. The molecule has 1 amide bonds. The van der Waals surface area contributed by atoms with Crippen molar-refractivity contribution < 1.29 is 17.9 Å². The molecule has 0 aliphatic carbocycles. The lowest BCUT2D eigenvalue weighted by molar-refractivity contribution is -0.134. The molecule has 0 spiro atoms. The summed E-state index contributed by atoms with van der Waals surface area (Å²) in [6.07, 6.45) is 3.47. The molecule has 1 atom stereocenters. The van der Waals surface area contributed by atoms with E-state index in [1.807, 2.05) is 0 Å². The van der Waals surface area contributed by atoms with Crippen molar-refractivity contribution in [2.45, 2.75) is 6.04 Å². The van der Waals surface area contributed by atoms with Gasteiger partial charge < -0.3 is 15.0 Å².